The summed E-state index contributed by atoms with van der Waals surface area (Å²) in [7, 11) is 0. The van der Waals surface area contributed by atoms with E-state index >= 15 is 0 Å². The number of carboxylic acids is 1. The molecule has 5 heteroatoms. The zero-order chi connectivity index (χ0) is 15.1. The molecule has 1 aliphatic rings. The van der Waals surface area contributed by atoms with Crippen LogP contribution in [-0.4, -0.2) is 40.6 Å². The Labute approximate surface area is 121 Å². The third kappa shape index (κ3) is 5.80. The molecule has 0 radical (unpaired) electrons. The van der Waals surface area contributed by atoms with Crippen molar-refractivity contribution in [3.63, 3.8) is 0 Å². The van der Waals surface area contributed by atoms with Gasteiger partial charge in [0.15, 0.2) is 0 Å². The zero-order valence-electron chi connectivity index (χ0n) is 12.9. The first-order valence-corrected chi connectivity index (χ1v) is 7.75. The molecular weight excluding hydrogens is 256 g/mol. The number of urea groups is 1. The number of carboxylic acid groups (broad SMARTS) is 1. The maximum Gasteiger partial charge on any atom is 0.326 e. The van der Waals surface area contributed by atoms with Gasteiger partial charge in [0.05, 0.1) is 0 Å². The van der Waals surface area contributed by atoms with E-state index in [-0.39, 0.29) is 6.03 Å². The molecule has 0 aromatic heterocycles. The van der Waals surface area contributed by atoms with Crippen LogP contribution in [0.4, 0.5) is 4.79 Å². The van der Waals surface area contributed by atoms with Gasteiger partial charge < -0.3 is 15.3 Å². The number of aliphatic carboxylic acids is 1. The maximum atomic E-state index is 12.3. The topological polar surface area (TPSA) is 69.6 Å². The summed E-state index contributed by atoms with van der Waals surface area (Å²) in [6.45, 7) is 6.99. The number of amides is 2. The van der Waals surface area contributed by atoms with Crippen molar-refractivity contribution < 1.29 is 14.7 Å². The van der Waals surface area contributed by atoms with Crippen LogP contribution in [0.15, 0.2) is 0 Å². The molecule has 0 saturated heterocycles. The van der Waals surface area contributed by atoms with Gasteiger partial charge in [0.2, 0.25) is 0 Å². The van der Waals surface area contributed by atoms with Gasteiger partial charge in [-0.25, -0.2) is 9.59 Å². The number of unbranched alkanes of at least 4 members (excludes halogenated alkanes) is 1. The van der Waals surface area contributed by atoms with Gasteiger partial charge in [0, 0.05) is 12.6 Å². The molecule has 0 aliphatic heterocycles. The van der Waals surface area contributed by atoms with Crippen molar-refractivity contribution >= 4 is 12.0 Å². The first-order chi connectivity index (χ1) is 9.45. The lowest BCUT2D eigenvalue weighted by atomic mass is 10.1. The zero-order valence-corrected chi connectivity index (χ0v) is 12.9. The summed E-state index contributed by atoms with van der Waals surface area (Å²) < 4.78 is 0. The Morgan fingerprint density at radius 1 is 1.30 bits per heavy atom. The van der Waals surface area contributed by atoms with Gasteiger partial charge in [-0.05, 0) is 31.6 Å². The highest BCUT2D eigenvalue weighted by Crippen LogP contribution is 2.27. The fourth-order valence-corrected chi connectivity index (χ4v) is 2.13. The van der Waals surface area contributed by atoms with Crippen molar-refractivity contribution in [2.45, 2.75) is 71.4 Å². The first-order valence-electron chi connectivity index (χ1n) is 7.75. The summed E-state index contributed by atoms with van der Waals surface area (Å²) in [5.41, 5.74) is 0. The predicted octanol–water partition coefficient (Wildman–Crippen LogP) is 2.85. The smallest absolute Gasteiger partial charge is 0.326 e. The molecule has 20 heavy (non-hydrogen) atoms. The molecule has 0 bridgehead atoms. The summed E-state index contributed by atoms with van der Waals surface area (Å²) in [4.78, 5) is 25.3. The van der Waals surface area contributed by atoms with Gasteiger partial charge in [0.25, 0.3) is 0 Å². The van der Waals surface area contributed by atoms with E-state index in [0.717, 1.165) is 32.1 Å². The molecule has 0 aromatic rings. The van der Waals surface area contributed by atoms with Gasteiger partial charge in [-0.3, -0.25) is 0 Å². The monoisotopic (exact) mass is 284 g/mol. The van der Waals surface area contributed by atoms with Crippen molar-refractivity contribution in [1.82, 2.24) is 10.2 Å². The number of hydrogen-bond donors (Lipinski definition) is 2. The molecule has 1 rings (SSSR count). The number of rotatable bonds is 9. The quantitative estimate of drug-likeness (QED) is 0.684. The van der Waals surface area contributed by atoms with E-state index in [1.807, 2.05) is 11.8 Å². The molecule has 0 spiro atoms. The molecule has 116 valence electrons. The van der Waals surface area contributed by atoms with Gasteiger partial charge in [-0.2, -0.15) is 0 Å². The second-order valence-electron chi connectivity index (χ2n) is 6.09. The van der Waals surface area contributed by atoms with E-state index in [0.29, 0.717) is 24.9 Å². The van der Waals surface area contributed by atoms with Crippen LogP contribution in [0, 0.1) is 5.92 Å². The number of nitrogens with zero attached hydrogens (tertiary/aromatic N) is 1. The van der Waals surface area contributed by atoms with Gasteiger partial charge in [-0.15, -0.1) is 0 Å². The predicted molar refractivity (Wildman–Crippen MR) is 78.7 cm³/mol. The van der Waals surface area contributed by atoms with Crippen molar-refractivity contribution in [2.75, 3.05) is 6.54 Å². The van der Waals surface area contributed by atoms with Gasteiger partial charge >= 0.3 is 12.0 Å². The standard InChI is InChI=1S/C15H28N2O3/c1-4-5-6-13(14(18)19)16-15(20)17(12-7-8-12)10-9-11(2)3/h11-13H,4-10H2,1-3H3,(H,16,20)(H,18,19)/t13-/m0/s1. The Morgan fingerprint density at radius 2 is 1.95 bits per heavy atom. The van der Waals surface area contributed by atoms with E-state index < -0.39 is 12.0 Å². The minimum atomic E-state index is -0.939. The fourth-order valence-electron chi connectivity index (χ4n) is 2.13. The summed E-state index contributed by atoms with van der Waals surface area (Å²) >= 11 is 0. The van der Waals surface area contributed by atoms with Crippen LogP contribution in [0.3, 0.4) is 0 Å². The van der Waals surface area contributed by atoms with E-state index in [1.165, 1.54) is 0 Å². The lowest BCUT2D eigenvalue weighted by Gasteiger charge is -2.25. The number of hydrogen-bond acceptors (Lipinski definition) is 2. The third-order valence-electron chi connectivity index (χ3n) is 3.64. The van der Waals surface area contributed by atoms with Crippen LogP contribution in [0.25, 0.3) is 0 Å². The van der Waals surface area contributed by atoms with Crippen molar-refractivity contribution in [1.29, 1.82) is 0 Å². The Kier molecular flexibility index (Phi) is 6.82. The highest BCUT2D eigenvalue weighted by atomic mass is 16.4. The highest BCUT2D eigenvalue weighted by molar-refractivity contribution is 5.82. The largest absolute Gasteiger partial charge is 0.480 e. The Hall–Kier alpha value is -1.26. The lowest BCUT2D eigenvalue weighted by Crippen LogP contribution is -2.49. The van der Waals surface area contributed by atoms with Crippen LogP contribution in [0.2, 0.25) is 0 Å². The minimum Gasteiger partial charge on any atom is -0.480 e. The van der Waals surface area contributed by atoms with Gasteiger partial charge in [0.1, 0.15) is 6.04 Å². The molecule has 2 amide bonds. The summed E-state index contributed by atoms with van der Waals surface area (Å²) in [5, 5.41) is 11.9. The van der Waals surface area contributed by atoms with Crippen LogP contribution >= 0.6 is 0 Å². The maximum absolute atomic E-state index is 12.3. The fraction of sp³-hybridized carbons (Fsp3) is 0.867. The van der Waals surface area contributed by atoms with Crippen molar-refractivity contribution in [3.8, 4) is 0 Å². The first kappa shape index (κ1) is 16.8. The molecule has 1 fully saturated rings. The normalized spacial score (nSPS) is 16.0. The molecule has 2 N–H and O–H groups in total. The second-order valence-corrected chi connectivity index (χ2v) is 6.09. The molecule has 0 heterocycles. The molecule has 1 saturated carbocycles. The second kappa shape index (κ2) is 8.12. The molecule has 1 aliphatic carbocycles. The summed E-state index contributed by atoms with van der Waals surface area (Å²) in [6, 6.07) is -0.659. The number of carbonyl (C=O) groups excluding carboxylic acids is 1. The summed E-state index contributed by atoms with van der Waals surface area (Å²) in [6.07, 6.45) is 5.28. The molecule has 0 unspecified atom stereocenters. The SMILES string of the molecule is CCCC[C@H](NC(=O)N(CCC(C)C)C1CC1)C(=O)O. The van der Waals surface area contributed by atoms with E-state index in [9.17, 15) is 9.59 Å². The Morgan fingerprint density at radius 3 is 2.40 bits per heavy atom. The number of nitrogens with one attached hydrogen (secondary N) is 1. The Bertz CT molecular complexity index is 327. The number of carbonyl (C=O) groups is 2. The van der Waals surface area contributed by atoms with E-state index in [2.05, 4.69) is 19.2 Å². The van der Waals surface area contributed by atoms with Crippen LogP contribution in [0.1, 0.15) is 59.3 Å². The highest BCUT2D eigenvalue weighted by Gasteiger charge is 2.33. The van der Waals surface area contributed by atoms with E-state index in [1.54, 1.807) is 0 Å². The summed E-state index contributed by atoms with van der Waals surface area (Å²) in [5.74, 6) is -0.397. The third-order valence-corrected chi connectivity index (χ3v) is 3.64. The molecule has 5 nitrogen and oxygen atoms in total. The Balaban J connectivity index is 2.52. The van der Waals surface area contributed by atoms with Crippen LogP contribution in [-0.2, 0) is 4.79 Å². The van der Waals surface area contributed by atoms with Crippen molar-refractivity contribution in [2.24, 2.45) is 5.92 Å². The molecule has 0 aromatic carbocycles. The van der Waals surface area contributed by atoms with Crippen LogP contribution in [0.5, 0.6) is 0 Å². The average Bonchev–Trinajstić information content (AvgIpc) is 3.18. The average molecular weight is 284 g/mol. The molecule has 1 atom stereocenters. The van der Waals surface area contributed by atoms with E-state index in [4.69, 9.17) is 5.11 Å². The lowest BCUT2D eigenvalue weighted by molar-refractivity contribution is -0.139. The minimum absolute atomic E-state index is 0.211. The van der Waals surface area contributed by atoms with Gasteiger partial charge in [-0.1, -0.05) is 33.6 Å². The molecular formula is C15H28N2O3. The van der Waals surface area contributed by atoms with Crippen LogP contribution < -0.4 is 5.32 Å². The van der Waals surface area contributed by atoms with Crippen molar-refractivity contribution in [3.05, 3.63) is 0 Å².